The van der Waals surface area contributed by atoms with E-state index in [0.29, 0.717) is 24.3 Å². The highest BCUT2D eigenvalue weighted by Gasteiger charge is 2.33. The molecule has 1 heterocycles. The van der Waals surface area contributed by atoms with Crippen molar-refractivity contribution in [3.63, 3.8) is 0 Å². The van der Waals surface area contributed by atoms with Gasteiger partial charge in [0.2, 0.25) is 11.8 Å². The van der Waals surface area contributed by atoms with Gasteiger partial charge in [-0.15, -0.1) is 0 Å². The number of rotatable bonds is 3. The van der Waals surface area contributed by atoms with E-state index >= 15 is 0 Å². The Hall–Kier alpha value is -2.37. The summed E-state index contributed by atoms with van der Waals surface area (Å²) >= 11 is 0. The van der Waals surface area contributed by atoms with Crippen molar-refractivity contribution in [1.29, 1.82) is 0 Å². The lowest BCUT2D eigenvalue weighted by atomic mass is 9.99. The summed E-state index contributed by atoms with van der Waals surface area (Å²) in [4.78, 5) is 35.8. The Morgan fingerprint density at radius 3 is 2.30 bits per heavy atom. The van der Waals surface area contributed by atoms with E-state index < -0.39 is 5.97 Å². The monoisotopic (exact) mass is 276 g/mol. The van der Waals surface area contributed by atoms with E-state index in [-0.39, 0.29) is 17.7 Å². The summed E-state index contributed by atoms with van der Waals surface area (Å²) in [6, 6.07) is 6.46. The van der Waals surface area contributed by atoms with E-state index in [4.69, 9.17) is 0 Å². The van der Waals surface area contributed by atoms with Crippen LogP contribution in [-0.2, 0) is 14.3 Å². The lowest BCUT2D eigenvalue weighted by Crippen LogP contribution is -2.53. The largest absolute Gasteiger partial charge is 0.465 e. The minimum atomic E-state index is -0.418. The first-order chi connectivity index (χ1) is 9.51. The van der Waals surface area contributed by atoms with Crippen molar-refractivity contribution in [3.05, 3.63) is 29.8 Å². The lowest BCUT2D eigenvalue weighted by Gasteiger charge is -2.37. The summed E-state index contributed by atoms with van der Waals surface area (Å²) in [5.41, 5.74) is 1.04. The predicted molar refractivity (Wildman–Crippen MR) is 72.2 cm³/mol. The first-order valence-electron chi connectivity index (χ1n) is 6.26. The highest BCUT2D eigenvalue weighted by molar-refractivity contribution is 5.95. The molecule has 1 aliphatic rings. The second kappa shape index (κ2) is 5.73. The van der Waals surface area contributed by atoms with E-state index in [1.54, 1.807) is 29.2 Å². The Kier molecular flexibility index (Phi) is 4.02. The molecule has 6 nitrogen and oxygen atoms in total. The maximum absolute atomic E-state index is 11.9. The second-order valence-corrected chi connectivity index (χ2v) is 4.68. The highest BCUT2D eigenvalue weighted by Crippen LogP contribution is 2.18. The number of likely N-dealkylation sites (tertiary alicyclic amines) is 1. The van der Waals surface area contributed by atoms with E-state index in [0.717, 1.165) is 0 Å². The third-order valence-electron chi connectivity index (χ3n) is 3.27. The van der Waals surface area contributed by atoms with Crippen LogP contribution >= 0.6 is 0 Å². The van der Waals surface area contributed by atoms with Crippen LogP contribution in [-0.4, -0.2) is 42.9 Å². The second-order valence-electron chi connectivity index (χ2n) is 4.68. The van der Waals surface area contributed by atoms with Crippen LogP contribution in [0.3, 0.4) is 0 Å². The maximum atomic E-state index is 11.9. The molecule has 1 aromatic carbocycles. The van der Waals surface area contributed by atoms with Crippen LogP contribution in [0, 0.1) is 5.92 Å². The molecule has 1 aliphatic heterocycles. The molecule has 0 spiro atoms. The first-order valence-corrected chi connectivity index (χ1v) is 6.26. The van der Waals surface area contributed by atoms with Crippen LogP contribution in [0.2, 0.25) is 0 Å². The van der Waals surface area contributed by atoms with E-state index in [1.165, 1.54) is 14.0 Å². The van der Waals surface area contributed by atoms with Gasteiger partial charge >= 0.3 is 5.97 Å². The molecule has 0 aliphatic carbocycles. The van der Waals surface area contributed by atoms with Crippen LogP contribution < -0.4 is 5.32 Å². The molecule has 1 aromatic rings. The molecule has 6 heteroatoms. The average molecular weight is 276 g/mol. The van der Waals surface area contributed by atoms with Crippen molar-refractivity contribution < 1.29 is 19.1 Å². The van der Waals surface area contributed by atoms with E-state index in [2.05, 4.69) is 10.1 Å². The first kappa shape index (κ1) is 14.0. The summed E-state index contributed by atoms with van der Waals surface area (Å²) in [6.07, 6.45) is 0. The number of carbonyl (C=O) groups excluding carboxylic acids is 3. The number of amides is 2. The van der Waals surface area contributed by atoms with Gasteiger partial charge in [0.1, 0.15) is 0 Å². The van der Waals surface area contributed by atoms with E-state index in [1.807, 2.05) is 0 Å². The normalized spacial score (nSPS) is 14.4. The number of benzene rings is 1. The molecule has 106 valence electrons. The van der Waals surface area contributed by atoms with E-state index in [9.17, 15) is 14.4 Å². The van der Waals surface area contributed by atoms with Gasteiger partial charge in [-0.05, 0) is 24.3 Å². The quantitative estimate of drug-likeness (QED) is 0.832. The van der Waals surface area contributed by atoms with Crippen molar-refractivity contribution in [3.8, 4) is 0 Å². The molecule has 2 rings (SSSR count). The third kappa shape index (κ3) is 2.96. The van der Waals surface area contributed by atoms with Gasteiger partial charge < -0.3 is 15.0 Å². The molecule has 0 bridgehead atoms. The number of ether oxygens (including phenoxy) is 1. The molecule has 0 radical (unpaired) electrons. The smallest absolute Gasteiger partial charge is 0.337 e. The summed E-state index contributed by atoms with van der Waals surface area (Å²) in [5.74, 6) is -0.719. The Bertz CT molecular complexity index is 533. The fraction of sp³-hybridized carbons (Fsp3) is 0.357. The zero-order chi connectivity index (χ0) is 14.7. The average Bonchev–Trinajstić information content (AvgIpc) is 2.36. The maximum Gasteiger partial charge on any atom is 0.337 e. The number of carbonyl (C=O) groups is 3. The van der Waals surface area contributed by atoms with Crippen LogP contribution in [0.1, 0.15) is 17.3 Å². The molecule has 0 aromatic heterocycles. The van der Waals surface area contributed by atoms with Crippen LogP contribution in [0.15, 0.2) is 24.3 Å². The van der Waals surface area contributed by atoms with Gasteiger partial charge in [0.15, 0.2) is 0 Å². The van der Waals surface area contributed by atoms with Crippen LogP contribution in [0.25, 0.3) is 0 Å². The standard InChI is InChI=1S/C14H16N2O4/c1-9(17)16-7-11(8-16)13(18)15-12-5-3-10(4-6-12)14(19)20-2/h3-6,11H,7-8H2,1-2H3,(H,15,18). The van der Waals surface area contributed by atoms with Gasteiger partial charge in [0, 0.05) is 25.7 Å². The third-order valence-corrected chi connectivity index (χ3v) is 3.27. The number of hydrogen-bond donors (Lipinski definition) is 1. The lowest BCUT2D eigenvalue weighted by molar-refractivity contribution is -0.139. The summed E-state index contributed by atoms with van der Waals surface area (Å²) in [7, 11) is 1.31. The number of methoxy groups -OCH3 is 1. The fourth-order valence-electron chi connectivity index (χ4n) is 1.95. The predicted octanol–water partition coefficient (Wildman–Crippen LogP) is 0.890. The molecule has 0 saturated carbocycles. The number of nitrogens with zero attached hydrogens (tertiary/aromatic N) is 1. The van der Waals surface area contributed by atoms with Gasteiger partial charge in [0.25, 0.3) is 0 Å². The molecule has 1 saturated heterocycles. The molecule has 20 heavy (non-hydrogen) atoms. The van der Waals surface area contributed by atoms with Gasteiger partial charge in [0.05, 0.1) is 18.6 Å². The Labute approximate surface area is 116 Å². The van der Waals surface area contributed by atoms with Gasteiger partial charge in [-0.3, -0.25) is 9.59 Å². The number of anilines is 1. The van der Waals surface area contributed by atoms with Crippen molar-refractivity contribution in [2.45, 2.75) is 6.92 Å². The molecular formula is C14H16N2O4. The molecular weight excluding hydrogens is 260 g/mol. The topological polar surface area (TPSA) is 75.7 Å². The highest BCUT2D eigenvalue weighted by atomic mass is 16.5. The molecule has 0 unspecified atom stereocenters. The SMILES string of the molecule is COC(=O)c1ccc(NC(=O)C2CN(C(C)=O)C2)cc1. The number of hydrogen-bond acceptors (Lipinski definition) is 4. The Morgan fingerprint density at radius 1 is 1.20 bits per heavy atom. The minimum Gasteiger partial charge on any atom is -0.465 e. The van der Waals surface area contributed by atoms with Gasteiger partial charge in [-0.2, -0.15) is 0 Å². The molecule has 1 N–H and O–H groups in total. The zero-order valence-corrected chi connectivity index (χ0v) is 11.4. The summed E-state index contributed by atoms with van der Waals surface area (Å²) < 4.78 is 4.59. The van der Waals surface area contributed by atoms with Crippen LogP contribution in [0.5, 0.6) is 0 Å². The van der Waals surface area contributed by atoms with Crippen molar-refractivity contribution in [1.82, 2.24) is 4.90 Å². The molecule has 0 atom stereocenters. The zero-order valence-electron chi connectivity index (χ0n) is 11.4. The molecule has 2 amide bonds. The minimum absolute atomic E-state index is 0.0171. The van der Waals surface area contributed by atoms with Crippen molar-refractivity contribution in [2.24, 2.45) is 5.92 Å². The fourth-order valence-corrected chi connectivity index (χ4v) is 1.95. The van der Waals surface area contributed by atoms with Gasteiger partial charge in [-0.1, -0.05) is 0 Å². The van der Waals surface area contributed by atoms with Crippen molar-refractivity contribution >= 4 is 23.5 Å². The number of nitrogens with one attached hydrogen (secondary N) is 1. The van der Waals surface area contributed by atoms with Crippen molar-refractivity contribution in [2.75, 3.05) is 25.5 Å². The van der Waals surface area contributed by atoms with Crippen LogP contribution in [0.4, 0.5) is 5.69 Å². The summed E-state index contributed by atoms with van der Waals surface area (Å²) in [6.45, 7) is 2.41. The van der Waals surface area contributed by atoms with Gasteiger partial charge in [-0.25, -0.2) is 4.79 Å². The Balaban J connectivity index is 1.89. The molecule has 1 fully saturated rings. The summed E-state index contributed by atoms with van der Waals surface area (Å²) in [5, 5.41) is 2.76. The Morgan fingerprint density at radius 2 is 1.80 bits per heavy atom. The number of esters is 1.